The fourth-order valence-electron chi connectivity index (χ4n) is 2.36. The Labute approximate surface area is 138 Å². The maximum absolute atomic E-state index is 5.16. The molecule has 0 spiro atoms. The lowest BCUT2D eigenvalue weighted by Gasteiger charge is -2.04. The Kier molecular flexibility index (Phi) is 7.39. The van der Waals surface area contributed by atoms with E-state index >= 15 is 0 Å². The Hall–Kier alpha value is -2.08. The van der Waals surface area contributed by atoms with E-state index in [0.717, 1.165) is 37.7 Å². The third-order valence-electron chi connectivity index (χ3n) is 3.73. The molecule has 124 valence electrons. The van der Waals surface area contributed by atoms with Gasteiger partial charge < -0.3 is 25.4 Å². The number of hydrogen-bond acceptors (Lipinski definition) is 2. The van der Waals surface area contributed by atoms with Crippen LogP contribution in [0.3, 0.4) is 0 Å². The van der Waals surface area contributed by atoms with E-state index in [0.29, 0.717) is 0 Å². The van der Waals surface area contributed by atoms with Gasteiger partial charge in [-0.1, -0.05) is 0 Å². The van der Waals surface area contributed by atoms with Crippen molar-refractivity contribution in [2.24, 2.45) is 0 Å². The van der Waals surface area contributed by atoms with Crippen LogP contribution >= 0.6 is 0 Å². The van der Waals surface area contributed by atoms with Crippen LogP contribution in [-0.4, -0.2) is 40.4 Å². The minimum Gasteiger partial charge on any atom is -0.497 e. The predicted molar refractivity (Wildman–Crippen MR) is 90.6 cm³/mol. The van der Waals surface area contributed by atoms with Crippen molar-refractivity contribution in [1.29, 1.82) is 0 Å². The molecule has 23 heavy (non-hydrogen) atoms. The molecule has 6 N–H and O–H groups in total. The summed E-state index contributed by atoms with van der Waals surface area (Å²) in [5.74, 6) is 1.81. The molecule has 0 fully saturated rings. The van der Waals surface area contributed by atoms with Crippen LogP contribution in [0.2, 0.25) is 0 Å². The summed E-state index contributed by atoms with van der Waals surface area (Å²) < 4.78 is 10.3. The number of ether oxygens (including phenoxy) is 2. The molecule has 0 atom stereocenters. The minimum absolute atomic E-state index is 0.905. The lowest BCUT2D eigenvalue weighted by molar-refractivity contribution is -0.719. The molecule has 2 aromatic carbocycles. The number of rotatable bonds is 10. The summed E-state index contributed by atoms with van der Waals surface area (Å²) in [5, 5.41) is 6.90. The molecule has 5 heteroatoms. The molecule has 0 saturated carbocycles. The summed E-state index contributed by atoms with van der Waals surface area (Å²) in [6.07, 6.45) is 0. The standard InChI is InChI=1S/C18H25N3O2/c1-22-17-7-3-15(4-8-17)20-13-11-19-12-14-21-16-5-9-18(23-2)10-6-16/h3-10,19-21H,11-14H2,1-2H3/p+3. The highest BCUT2D eigenvalue weighted by atomic mass is 16.5. The van der Waals surface area contributed by atoms with E-state index in [4.69, 9.17) is 9.47 Å². The lowest BCUT2D eigenvalue weighted by atomic mass is 10.3. The van der Waals surface area contributed by atoms with E-state index in [1.54, 1.807) is 14.2 Å². The SMILES string of the molecule is COc1ccc([NH2+]CC[NH2+]CC[NH2+]c2ccc(OC)cc2)cc1. The molecule has 0 aliphatic heterocycles. The monoisotopic (exact) mass is 318 g/mol. The number of hydrogen-bond donors (Lipinski definition) is 3. The summed E-state index contributed by atoms with van der Waals surface area (Å²) in [6.45, 7) is 4.38. The third kappa shape index (κ3) is 6.28. The highest BCUT2D eigenvalue weighted by Crippen LogP contribution is 2.11. The van der Waals surface area contributed by atoms with Gasteiger partial charge in [-0.25, -0.2) is 0 Å². The summed E-state index contributed by atoms with van der Waals surface area (Å²) in [7, 11) is 3.38. The molecule has 0 aliphatic carbocycles. The molecule has 5 nitrogen and oxygen atoms in total. The Morgan fingerprint density at radius 3 is 1.35 bits per heavy atom. The quantitative estimate of drug-likeness (QED) is 0.403. The second-order valence-corrected chi connectivity index (χ2v) is 5.40. The second kappa shape index (κ2) is 9.84. The van der Waals surface area contributed by atoms with E-state index in [-0.39, 0.29) is 0 Å². The molecule has 0 radical (unpaired) electrons. The highest BCUT2D eigenvalue weighted by molar-refractivity contribution is 5.35. The fraction of sp³-hybridized carbons (Fsp3) is 0.333. The van der Waals surface area contributed by atoms with Gasteiger partial charge in [0.2, 0.25) is 0 Å². The Balaban J connectivity index is 1.53. The minimum atomic E-state index is 0.905. The number of quaternary nitrogens is 3. The number of methoxy groups -OCH3 is 2. The van der Waals surface area contributed by atoms with Gasteiger partial charge in [-0.3, -0.25) is 0 Å². The van der Waals surface area contributed by atoms with Crippen LogP contribution in [-0.2, 0) is 0 Å². The molecule has 0 bridgehead atoms. The van der Waals surface area contributed by atoms with Crippen molar-refractivity contribution in [3.8, 4) is 11.5 Å². The van der Waals surface area contributed by atoms with Gasteiger partial charge in [-0.15, -0.1) is 0 Å². The van der Waals surface area contributed by atoms with Gasteiger partial charge in [0.05, 0.1) is 14.2 Å². The fourth-order valence-corrected chi connectivity index (χ4v) is 2.36. The molecule has 0 unspecified atom stereocenters. The molecule has 0 saturated heterocycles. The summed E-state index contributed by atoms with van der Waals surface area (Å²) in [5.41, 5.74) is 2.51. The largest absolute Gasteiger partial charge is 0.497 e. The van der Waals surface area contributed by atoms with Gasteiger partial charge in [-0.2, -0.15) is 0 Å². The van der Waals surface area contributed by atoms with Gasteiger partial charge in [-0.05, 0) is 24.3 Å². The maximum atomic E-state index is 5.16. The number of benzene rings is 2. The zero-order chi connectivity index (χ0) is 16.3. The first kappa shape index (κ1) is 17.3. The Morgan fingerprint density at radius 1 is 0.609 bits per heavy atom. The van der Waals surface area contributed by atoms with E-state index < -0.39 is 0 Å². The van der Waals surface area contributed by atoms with Crippen molar-refractivity contribution >= 4 is 11.4 Å². The van der Waals surface area contributed by atoms with Crippen molar-refractivity contribution in [2.45, 2.75) is 0 Å². The van der Waals surface area contributed by atoms with E-state index in [1.807, 2.05) is 24.3 Å². The molecule has 0 aliphatic rings. The molecular weight excluding hydrogens is 290 g/mol. The zero-order valence-corrected chi connectivity index (χ0v) is 14.0. The van der Waals surface area contributed by atoms with Crippen LogP contribution in [0.25, 0.3) is 0 Å². The van der Waals surface area contributed by atoms with Gasteiger partial charge in [0.1, 0.15) is 49.1 Å². The van der Waals surface area contributed by atoms with Crippen molar-refractivity contribution in [3.63, 3.8) is 0 Å². The Morgan fingerprint density at radius 2 is 1.00 bits per heavy atom. The first-order valence-electron chi connectivity index (χ1n) is 8.08. The molecule has 0 heterocycles. The average Bonchev–Trinajstić information content (AvgIpc) is 2.62. The van der Waals surface area contributed by atoms with E-state index in [2.05, 4.69) is 40.2 Å². The normalized spacial score (nSPS) is 10.5. The van der Waals surface area contributed by atoms with Crippen molar-refractivity contribution in [2.75, 3.05) is 40.4 Å². The van der Waals surface area contributed by atoms with Gasteiger partial charge >= 0.3 is 0 Å². The van der Waals surface area contributed by atoms with Crippen LogP contribution in [0.5, 0.6) is 11.5 Å². The van der Waals surface area contributed by atoms with Crippen LogP contribution in [0.4, 0.5) is 11.4 Å². The second-order valence-electron chi connectivity index (χ2n) is 5.40. The summed E-state index contributed by atoms with van der Waals surface area (Å²) in [6, 6.07) is 16.4. The lowest BCUT2D eigenvalue weighted by Crippen LogP contribution is -2.96. The van der Waals surface area contributed by atoms with Gasteiger partial charge in [0.25, 0.3) is 0 Å². The average molecular weight is 318 g/mol. The first-order valence-corrected chi connectivity index (χ1v) is 8.08. The summed E-state index contributed by atoms with van der Waals surface area (Å²) in [4.78, 5) is 0. The van der Waals surface area contributed by atoms with E-state index in [9.17, 15) is 0 Å². The van der Waals surface area contributed by atoms with Crippen molar-refractivity contribution in [3.05, 3.63) is 48.5 Å². The van der Waals surface area contributed by atoms with Crippen LogP contribution in [0, 0.1) is 0 Å². The molecule has 0 aromatic heterocycles. The topological polar surface area (TPSA) is 68.3 Å². The van der Waals surface area contributed by atoms with Gasteiger partial charge in [0, 0.05) is 24.3 Å². The first-order chi connectivity index (χ1) is 11.3. The van der Waals surface area contributed by atoms with Crippen molar-refractivity contribution < 1.29 is 25.4 Å². The van der Waals surface area contributed by atoms with Crippen molar-refractivity contribution in [1.82, 2.24) is 0 Å². The number of nitrogens with two attached hydrogens (primary N) is 3. The molecular formula is C18H28N3O2+3. The Bertz CT molecular complexity index is 504. The smallest absolute Gasteiger partial charge is 0.130 e. The third-order valence-corrected chi connectivity index (χ3v) is 3.73. The van der Waals surface area contributed by atoms with Crippen LogP contribution in [0.1, 0.15) is 0 Å². The van der Waals surface area contributed by atoms with E-state index in [1.165, 1.54) is 11.4 Å². The highest BCUT2D eigenvalue weighted by Gasteiger charge is 2.01. The maximum Gasteiger partial charge on any atom is 0.130 e. The molecule has 2 aromatic rings. The zero-order valence-electron chi connectivity index (χ0n) is 14.0. The summed E-state index contributed by atoms with van der Waals surface area (Å²) >= 11 is 0. The predicted octanol–water partition coefficient (Wildman–Crippen LogP) is -0.643. The van der Waals surface area contributed by atoms with Crippen LogP contribution < -0.4 is 25.4 Å². The van der Waals surface area contributed by atoms with Gasteiger partial charge in [0.15, 0.2) is 0 Å². The van der Waals surface area contributed by atoms with Crippen LogP contribution in [0.15, 0.2) is 48.5 Å². The molecule has 0 amide bonds. The molecule has 2 rings (SSSR count).